The molecule has 0 fully saturated rings. The Morgan fingerprint density at radius 3 is 1.37 bits per heavy atom. The lowest BCUT2D eigenvalue weighted by Crippen LogP contribution is -2.00. The maximum atomic E-state index is 4.99. The van der Waals surface area contributed by atoms with E-state index >= 15 is 0 Å². The van der Waals surface area contributed by atoms with Crippen LogP contribution >= 0.6 is 22.7 Å². The predicted molar refractivity (Wildman–Crippen MR) is 242 cm³/mol. The number of fused-ring (bicyclic) bond motifs is 9. The fourth-order valence-corrected chi connectivity index (χ4v) is 10.6. The lowest BCUT2D eigenvalue weighted by molar-refractivity contribution is 1.07. The second kappa shape index (κ2) is 12.8. The first-order valence-corrected chi connectivity index (χ1v) is 20.6. The van der Waals surface area contributed by atoms with Crippen LogP contribution < -0.4 is 0 Å². The van der Waals surface area contributed by atoms with Crippen molar-refractivity contribution in [2.45, 2.75) is 0 Å². The van der Waals surface area contributed by atoms with Gasteiger partial charge in [0.2, 0.25) is 0 Å². The van der Waals surface area contributed by atoms with Crippen molar-refractivity contribution >= 4 is 84.8 Å². The van der Waals surface area contributed by atoms with Gasteiger partial charge in [0.25, 0.3) is 0 Å². The first-order chi connectivity index (χ1) is 28.2. The second-order valence-electron chi connectivity index (χ2n) is 14.4. The molecule has 4 aromatic heterocycles. The molecule has 0 unspecified atom stereocenters. The van der Waals surface area contributed by atoms with Crippen LogP contribution in [0.5, 0.6) is 0 Å². The number of hydrogen-bond acceptors (Lipinski definition) is 5. The van der Waals surface area contributed by atoms with Crippen LogP contribution in [0.25, 0.3) is 113 Å². The van der Waals surface area contributed by atoms with Crippen LogP contribution in [-0.4, -0.2) is 19.5 Å². The van der Waals surface area contributed by atoms with Gasteiger partial charge < -0.3 is 4.57 Å². The fourth-order valence-electron chi connectivity index (χ4n) is 8.32. The first-order valence-electron chi connectivity index (χ1n) is 19.0. The van der Waals surface area contributed by atoms with Crippen molar-refractivity contribution in [3.05, 3.63) is 182 Å². The molecule has 0 saturated heterocycles. The van der Waals surface area contributed by atoms with Gasteiger partial charge in [-0.05, 0) is 71.8 Å². The third-order valence-corrected chi connectivity index (χ3v) is 13.3. The average molecular weight is 763 g/mol. The molecule has 0 saturated carbocycles. The van der Waals surface area contributed by atoms with E-state index in [1.54, 1.807) is 0 Å². The number of para-hydroxylation sites is 2. The summed E-state index contributed by atoms with van der Waals surface area (Å²) in [7, 11) is 0. The lowest BCUT2D eigenvalue weighted by Gasteiger charge is -2.08. The largest absolute Gasteiger partial charge is 0.309 e. The Bertz CT molecular complexity index is 3410. The number of benzene rings is 8. The number of nitrogens with zero attached hydrogens (tertiary/aromatic N) is 4. The molecule has 12 aromatic rings. The molecule has 4 nitrogen and oxygen atoms in total. The summed E-state index contributed by atoms with van der Waals surface area (Å²) in [6.07, 6.45) is 0. The van der Waals surface area contributed by atoms with Gasteiger partial charge in [0, 0.05) is 73.5 Å². The minimum atomic E-state index is 0.665. The summed E-state index contributed by atoms with van der Waals surface area (Å²) >= 11 is 3.70. The fraction of sp³-hybridized carbons (Fsp3) is 0. The van der Waals surface area contributed by atoms with E-state index in [4.69, 9.17) is 15.0 Å². The first kappa shape index (κ1) is 32.3. The zero-order valence-electron chi connectivity index (χ0n) is 30.4. The zero-order chi connectivity index (χ0) is 37.5. The minimum absolute atomic E-state index is 0.665. The van der Waals surface area contributed by atoms with Crippen LogP contribution in [0, 0.1) is 0 Å². The number of thiophene rings is 2. The van der Waals surface area contributed by atoms with Crippen molar-refractivity contribution in [3.8, 4) is 51.0 Å². The molecule has 0 aliphatic carbocycles. The van der Waals surface area contributed by atoms with Crippen LogP contribution in [0.4, 0.5) is 0 Å². The van der Waals surface area contributed by atoms with Crippen LogP contribution in [-0.2, 0) is 0 Å². The van der Waals surface area contributed by atoms with Crippen molar-refractivity contribution in [1.82, 2.24) is 19.5 Å². The van der Waals surface area contributed by atoms with Gasteiger partial charge in [-0.3, -0.25) is 0 Å². The molecule has 0 N–H and O–H groups in total. The summed E-state index contributed by atoms with van der Waals surface area (Å²) in [4.78, 5) is 14.9. The van der Waals surface area contributed by atoms with E-state index < -0.39 is 0 Å². The predicted octanol–water partition coefficient (Wildman–Crippen LogP) is 14.4. The molecule has 0 spiro atoms. The van der Waals surface area contributed by atoms with E-state index in [1.165, 1.54) is 79.0 Å². The molecule has 266 valence electrons. The Labute approximate surface area is 335 Å². The molecule has 12 rings (SSSR count). The standard InChI is InChI=1S/C51H30N4S2/c1-3-11-31(12-4-1)49-52-50(32-13-5-2-6-14-32)54-51(53-49)35-21-26-46-42(28-35)39-23-19-34(29-47(39)56-46)33-20-25-45-41(27-33)40-24-22-36(30-48(40)57-45)55-43-17-9-7-15-37(43)38-16-8-10-18-44(38)55/h1-30H. The molecule has 0 aliphatic rings. The second-order valence-corrected chi connectivity index (χ2v) is 16.6. The van der Waals surface area contributed by atoms with Crippen LogP contribution in [0.3, 0.4) is 0 Å². The van der Waals surface area contributed by atoms with Crippen molar-refractivity contribution in [2.75, 3.05) is 0 Å². The van der Waals surface area contributed by atoms with Crippen LogP contribution in [0.15, 0.2) is 182 Å². The normalized spacial score (nSPS) is 11.9. The Morgan fingerprint density at radius 2 is 0.754 bits per heavy atom. The molecule has 0 radical (unpaired) electrons. The van der Waals surface area contributed by atoms with Crippen molar-refractivity contribution in [3.63, 3.8) is 0 Å². The molecule has 6 heteroatoms. The lowest BCUT2D eigenvalue weighted by atomic mass is 10.0. The van der Waals surface area contributed by atoms with Gasteiger partial charge >= 0.3 is 0 Å². The molecular weight excluding hydrogens is 733 g/mol. The SMILES string of the molecule is c1ccc(-c2nc(-c3ccccc3)nc(-c3ccc4sc5cc(-c6ccc7sc8cc(-n9c%10ccccc%10c%10ccccc%109)ccc8c7c6)ccc5c4c3)n2)cc1. The zero-order valence-corrected chi connectivity index (χ0v) is 32.1. The van der Waals surface area contributed by atoms with E-state index in [0.717, 1.165) is 16.7 Å². The van der Waals surface area contributed by atoms with Crippen molar-refractivity contribution < 1.29 is 0 Å². The highest BCUT2D eigenvalue weighted by molar-refractivity contribution is 7.26. The van der Waals surface area contributed by atoms with Gasteiger partial charge in [-0.1, -0.05) is 121 Å². The molecular formula is C51H30N4S2. The third kappa shape index (κ3) is 5.30. The summed E-state index contributed by atoms with van der Waals surface area (Å²) in [5.74, 6) is 2.00. The Kier molecular flexibility index (Phi) is 7.24. The Hall–Kier alpha value is -6.99. The quantitative estimate of drug-likeness (QED) is 0.175. The van der Waals surface area contributed by atoms with E-state index in [1.807, 2.05) is 83.3 Å². The topological polar surface area (TPSA) is 43.6 Å². The summed E-state index contributed by atoms with van der Waals surface area (Å²) in [6.45, 7) is 0. The Balaban J connectivity index is 0.924. The molecule has 0 amide bonds. The summed E-state index contributed by atoms with van der Waals surface area (Å²) in [5, 5.41) is 7.59. The third-order valence-electron chi connectivity index (χ3n) is 11.1. The van der Waals surface area contributed by atoms with Gasteiger partial charge in [-0.25, -0.2) is 15.0 Å². The highest BCUT2D eigenvalue weighted by atomic mass is 32.1. The van der Waals surface area contributed by atoms with E-state index in [0.29, 0.717) is 17.5 Å². The maximum absolute atomic E-state index is 4.99. The molecule has 4 heterocycles. The molecule has 57 heavy (non-hydrogen) atoms. The summed E-state index contributed by atoms with van der Waals surface area (Å²) in [5.41, 5.74) is 8.99. The molecule has 8 aromatic carbocycles. The minimum Gasteiger partial charge on any atom is -0.309 e. The molecule has 0 atom stereocenters. The summed E-state index contributed by atoms with van der Waals surface area (Å²) < 4.78 is 7.49. The van der Waals surface area contributed by atoms with Crippen molar-refractivity contribution in [1.29, 1.82) is 0 Å². The van der Waals surface area contributed by atoms with Gasteiger partial charge in [0.1, 0.15) is 0 Å². The number of aromatic nitrogens is 4. The van der Waals surface area contributed by atoms with Gasteiger partial charge in [-0.15, -0.1) is 22.7 Å². The van der Waals surface area contributed by atoms with E-state index in [9.17, 15) is 0 Å². The highest BCUT2D eigenvalue weighted by Crippen LogP contribution is 2.42. The average Bonchev–Trinajstić information content (AvgIpc) is 3.95. The van der Waals surface area contributed by atoms with Crippen molar-refractivity contribution in [2.24, 2.45) is 0 Å². The highest BCUT2D eigenvalue weighted by Gasteiger charge is 2.16. The number of hydrogen-bond donors (Lipinski definition) is 0. The molecule has 0 aliphatic heterocycles. The Morgan fingerprint density at radius 1 is 0.298 bits per heavy atom. The maximum Gasteiger partial charge on any atom is 0.164 e. The van der Waals surface area contributed by atoms with E-state index in [-0.39, 0.29) is 0 Å². The number of rotatable bonds is 5. The molecule has 0 bridgehead atoms. The van der Waals surface area contributed by atoms with Gasteiger partial charge in [0.05, 0.1) is 11.0 Å². The van der Waals surface area contributed by atoms with Crippen LogP contribution in [0.1, 0.15) is 0 Å². The van der Waals surface area contributed by atoms with E-state index in [2.05, 4.69) is 126 Å². The smallest absolute Gasteiger partial charge is 0.164 e. The van der Waals surface area contributed by atoms with Gasteiger partial charge in [-0.2, -0.15) is 0 Å². The van der Waals surface area contributed by atoms with Gasteiger partial charge in [0.15, 0.2) is 17.5 Å². The van der Waals surface area contributed by atoms with Crippen LogP contribution in [0.2, 0.25) is 0 Å². The summed E-state index contributed by atoms with van der Waals surface area (Å²) in [6, 6.07) is 65.0. The monoisotopic (exact) mass is 762 g/mol.